The first-order chi connectivity index (χ1) is 22.1. The summed E-state index contributed by atoms with van der Waals surface area (Å²) in [5.41, 5.74) is 3.58. The molecule has 250 valence electrons. The highest BCUT2D eigenvalue weighted by Crippen LogP contribution is 2.44. The third-order valence-corrected chi connectivity index (χ3v) is 8.10. The zero-order valence-corrected chi connectivity index (χ0v) is 27.5. The minimum atomic E-state index is -1.07. The van der Waals surface area contributed by atoms with Crippen LogP contribution in [0.1, 0.15) is 96.1 Å². The number of amides is 1. The molecule has 0 saturated heterocycles. The monoisotopic (exact) mass is 636 g/mol. The maximum absolute atomic E-state index is 13.1. The molecule has 0 radical (unpaired) electrons. The smallest absolute Gasteiger partial charge is 0.407 e. The van der Waals surface area contributed by atoms with E-state index in [0.29, 0.717) is 6.42 Å². The minimum absolute atomic E-state index is 0.0777. The second-order valence-corrected chi connectivity index (χ2v) is 13.0. The Morgan fingerprint density at radius 3 is 2.09 bits per heavy atom. The van der Waals surface area contributed by atoms with Gasteiger partial charge in [0.1, 0.15) is 30.4 Å². The van der Waals surface area contributed by atoms with Crippen molar-refractivity contribution in [1.29, 1.82) is 0 Å². The Kier molecular flexibility index (Phi) is 12.6. The molecule has 2 aliphatic rings. The first-order valence-corrected chi connectivity index (χ1v) is 16.5. The number of carbonyl (C=O) groups is 4. The summed E-state index contributed by atoms with van der Waals surface area (Å²) in [6.45, 7) is 7.53. The normalized spacial score (nSPS) is 16.0. The molecule has 2 atom stereocenters. The molecule has 0 aromatic heterocycles. The molecule has 0 aliphatic heterocycles. The van der Waals surface area contributed by atoms with Crippen molar-refractivity contribution in [3.05, 3.63) is 59.7 Å². The van der Waals surface area contributed by atoms with Crippen LogP contribution in [-0.4, -0.2) is 67.5 Å². The summed E-state index contributed by atoms with van der Waals surface area (Å²) < 4.78 is 22.2. The van der Waals surface area contributed by atoms with Gasteiger partial charge in [-0.1, -0.05) is 61.9 Å². The summed E-state index contributed by atoms with van der Waals surface area (Å²) in [6, 6.07) is 14.0. The summed E-state index contributed by atoms with van der Waals surface area (Å²) in [6.07, 6.45) is 4.43. The molecular formula is C36H48N2O8. The van der Waals surface area contributed by atoms with Crippen molar-refractivity contribution >= 4 is 24.0 Å². The van der Waals surface area contributed by atoms with E-state index in [9.17, 15) is 19.2 Å². The lowest BCUT2D eigenvalue weighted by Crippen LogP contribution is -2.48. The molecule has 1 amide bonds. The molecule has 0 spiro atoms. The van der Waals surface area contributed by atoms with Gasteiger partial charge in [0, 0.05) is 5.92 Å². The van der Waals surface area contributed by atoms with E-state index in [2.05, 4.69) is 22.8 Å². The second-order valence-electron chi connectivity index (χ2n) is 13.0. The van der Waals surface area contributed by atoms with Crippen LogP contribution in [0, 0.1) is 0 Å². The lowest BCUT2D eigenvalue weighted by atomic mass is 9.98. The zero-order chi connectivity index (χ0) is 33.1. The molecule has 0 bridgehead atoms. The highest BCUT2D eigenvalue weighted by Gasteiger charge is 2.32. The van der Waals surface area contributed by atoms with E-state index < -0.39 is 41.7 Å². The van der Waals surface area contributed by atoms with Crippen molar-refractivity contribution in [3.8, 4) is 11.1 Å². The van der Waals surface area contributed by atoms with Crippen molar-refractivity contribution in [2.45, 2.75) is 109 Å². The fourth-order valence-corrected chi connectivity index (χ4v) is 5.93. The van der Waals surface area contributed by atoms with Gasteiger partial charge in [-0.15, -0.1) is 0 Å². The fraction of sp³-hybridized carbons (Fsp3) is 0.556. The van der Waals surface area contributed by atoms with E-state index in [1.165, 1.54) is 0 Å². The lowest BCUT2D eigenvalue weighted by molar-refractivity contribution is -0.158. The van der Waals surface area contributed by atoms with E-state index in [0.717, 1.165) is 54.4 Å². The molecular weight excluding hydrogens is 588 g/mol. The van der Waals surface area contributed by atoms with Gasteiger partial charge >= 0.3 is 24.0 Å². The number of carbonyl (C=O) groups excluding carboxylic acids is 4. The van der Waals surface area contributed by atoms with Crippen LogP contribution in [-0.2, 0) is 33.3 Å². The van der Waals surface area contributed by atoms with Gasteiger partial charge in [0.25, 0.3) is 0 Å². The number of hydrogen-bond acceptors (Lipinski definition) is 9. The summed E-state index contributed by atoms with van der Waals surface area (Å²) in [7, 11) is 0. The maximum Gasteiger partial charge on any atom is 0.407 e. The van der Waals surface area contributed by atoms with Crippen LogP contribution in [0.4, 0.5) is 4.79 Å². The number of fused-ring (bicyclic) bond motifs is 3. The average molecular weight is 637 g/mol. The molecule has 10 heteroatoms. The van der Waals surface area contributed by atoms with Crippen LogP contribution in [0.25, 0.3) is 11.1 Å². The summed E-state index contributed by atoms with van der Waals surface area (Å²) in [5.74, 6) is -1.81. The van der Waals surface area contributed by atoms with Crippen molar-refractivity contribution in [2.24, 2.45) is 0 Å². The molecule has 1 saturated carbocycles. The quantitative estimate of drug-likeness (QED) is 0.195. The van der Waals surface area contributed by atoms with Crippen molar-refractivity contribution in [1.82, 2.24) is 10.6 Å². The maximum atomic E-state index is 13.1. The van der Waals surface area contributed by atoms with Gasteiger partial charge in [0.05, 0.1) is 13.0 Å². The number of alkyl carbamates (subject to hydrolysis) is 1. The Bertz CT molecular complexity index is 1300. The number of ether oxygens (including phenoxy) is 4. The van der Waals surface area contributed by atoms with Gasteiger partial charge in [-0.3, -0.25) is 9.59 Å². The van der Waals surface area contributed by atoms with Gasteiger partial charge in [-0.25, -0.2) is 9.59 Å². The Labute approximate surface area is 271 Å². The van der Waals surface area contributed by atoms with Crippen LogP contribution >= 0.6 is 0 Å². The molecule has 2 N–H and O–H groups in total. The fourth-order valence-electron chi connectivity index (χ4n) is 5.93. The van der Waals surface area contributed by atoms with Gasteiger partial charge in [-0.05, 0) is 88.1 Å². The number of nitrogens with one attached hydrogen (secondary N) is 2. The molecule has 0 heterocycles. The topological polar surface area (TPSA) is 129 Å². The number of benzene rings is 2. The standard InChI is InChI=1S/C36H48N2O8/c1-5-21-43-33(40)31(22-32(39)45-24-13-7-6-8-14-24)37-20-19-30(34(41)46-36(2,3)4)38-35(42)44-23-29-27-17-11-9-15-25(27)26-16-10-12-18-28(26)29/h9-12,15-18,24,29-31,37H,5-8,13-14,19-23H2,1-4H3,(H,38,42)/t30-,31-/m0/s1. The minimum Gasteiger partial charge on any atom is -0.465 e. The summed E-state index contributed by atoms with van der Waals surface area (Å²) >= 11 is 0. The van der Waals surface area contributed by atoms with Gasteiger partial charge in [0.15, 0.2) is 0 Å². The molecule has 1 fully saturated rings. The number of esters is 3. The van der Waals surface area contributed by atoms with Crippen LogP contribution in [0.3, 0.4) is 0 Å². The van der Waals surface area contributed by atoms with Crippen LogP contribution in [0.15, 0.2) is 48.5 Å². The number of rotatable bonds is 14. The lowest BCUT2D eigenvalue weighted by Gasteiger charge is -2.26. The summed E-state index contributed by atoms with van der Waals surface area (Å²) in [4.78, 5) is 51.8. The van der Waals surface area contributed by atoms with Gasteiger partial charge in [0.2, 0.25) is 0 Å². The Hall–Kier alpha value is -3.92. The largest absolute Gasteiger partial charge is 0.465 e. The first-order valence-electron chi connectivity index (χ1n) is 16.5. The zero-order valence-electron chi connectivity index (χ0n) is 27.5. The van der Waals surface area contributed by atoms with E-state index in [4.69, 9.17) is 18.9 Å². The van der Waals surface area contributed by atoms with Crippen molar-refractivity contribution in [3.63, 3.8) is 0 Å². The van der Waals surface area contributed by atoms with Crippen LogP contribution in [0.5, 0.6) is 0 Å². The molecule has 2 aromatic carbocycles. The van der Waals surface area contributed by atoms with Crippen molar-refractivity contribution < 1.29 is 38.1 Å². The Morgan fingerprint density at radius 1 is 0.848 bits per heavy atom. The van der Waals surface area contributed by atoms with E-state index in [1.54, 1.807) is 20.8 Å². The highest BCUT2D eigenvalue weighted by molar-refractivity contribution is 5.83. The van der Waals surface area contributed by atoms with Crippen LogP contribution in [0.2, 0.25) is 0 Å². The Balaban J connectivity index is 1.37. The van der Waals surface area contributed by atoms with E-state index >= 15 is 0 Å². The Morgan fingerprint density at radius 2 is 1.48 bits per heavy atom. The molecule has 46 heavy (non-hydrogen) atoms. The molecule has 4 rings (SSSR count). The SMILES string of the molecule is CCCOC(=O)[C@H](CC(=O)OC1CCCCC1)NCC[C@H](NC(=O)OCC1c2ccccc2-c2ccccc21)C(=O)OC(C)(C)C. The first kappa shape index (κ1) is 34.9. The predicted molar refractivity (Wildman–Crippen MR) is 173 cm³/mol. The third kappa shape index (κ3) is 10.0. The van der Waals surface area contributed by atoms with Crippen LogP contribution < -0.4 is 10.6 Å². The predicted octanol–water partition coefficient (Wildman–Crippen LogP) is 5.80. The van der Waals surface area contributed by atoms with Gasteiger partial charge in [-0.2, -0.15) is 0 Å². The molecule has 0 unspecified atom stereocenters. The average Bonchev–Trinajstić information content (AvgIpc) is 3.34. The molecule has 10 nitrogen and oxygen atoms in total. The van der Waals surface area contributed by atoms with E-state index in [-0.39, 0.29) is 44.6 Å². The van der Waals surface area contributed by atoms with Crippen molar-refractivity contribution in [2.75, 3.05) is 19.8 Å². The second kappa shape index (κ2) is 16.6. The third-order valence-electron chi connectivity index (χ3n) is 8.10. The number of hydrogen-bond donors (Lipinski definition) is 2. The van der Waals surface area contributed by atoms with E-state index in [1.807, 2.05) is 43.3 Å². The molecule has 2 aromatic rings. The summed E-state index contributed by atoms with van der Waals surface area (Å²) in [5, 5.41) is 5.70. The highest BCUT2D eigenvalue weighted by atomic mass is 16.6. The molecule has 2 aliphatic carbocycles. The van der Waals surface area contributed by atoms with Gasteiger partial charge < -0.3 is 29.6 Å².